The van der Waals surface area contributed by atoms with Crippen LogP contribution in [0.5, 0.6) is 17.2 Å². The fourth-order valence-corrected chi connectivity index (χ4v) is 4.50. The summed E-state index contributed by atoms with van der Waals surface area (Å²) in [6.45, 7) is 0. The molecule has 1 radical (unpaired) electrons. The van der Waals surface area contributed by atoms with E-state index in [0.29, 0.717) is 0 Å². The van der Waals surface area contributed by atoms with Gasteiger partial charge in [-0.05, 0) is 36.4 Å². The molecule has 43 heavy (non-hydrogen) atoms. The van der Waals surface area contributed by atoms with Crippen LogP contribution in [0.4, 0.5) is 0 Å². The third-order valence-electron chi connectivity index (χ3n) is 4.49. The minimum absolute atomic E-state index is 0. The van der Waals surface area contributed by atoms with Crippen LogP contribution in [0.2, 0.25) is 0 Å². The van der Waals surface area contributed by atoms with Gasteiger partial charge in [-0.15, -0.1) is 0 Å². The van der Waals surface area contributed by atoms with Crippen LogP contribution in [0, 0.1) is 0 Å². The number of hydrogen-bond acceptors (Lipinski definition) is 15. The van der Waals surface area contributed by atoms with Gasteiger partial charge in [0.15, 0.2) is 0 Å². The summed E-state index contributed by atoms with van der Waals surface area (Å²) < 4.78 is 89.4. The van der Waals surface area contributed by atoms with Crippen molar-refractivity contribution >= 4 is 48.3 Å². The van der Waals surface area contributed by atoms with Gasteiger partial charge in [-0.3, -0.25) is 13.7 Å². The second-order valence-corrected chi connectivity index (χ2v) is 11.4. The Bertz CT molecular complexity index is 1650. The van der Waals surface area contributed by atoms with Crippen LogP contribution in [-0.4, -0.2) is 72.1 Å². The number of carboxylic acids is 3. The quantitative estimate of drug-likeness (QED) is 0.110. The number of carbonyl (C=O) groups excluding carboxylic acids is 3. The van der Waals surface area contributed by atoms with E-state index in [2.05, 4.69) is 0 Å². The van der Waals surface area contributed by atoms with Crippen molar-refractivity contribution < 1.29 is 101 Å². The summed E-state index contributed by atoms with van der Waals surface area (Å²) in [5.74, 6) is -8.28. The fourth-order valence-electron chi connectivity index (χ4n) is 2.69. The largest absolute Gasteiger partial charge is 3.00 e. The van der Waals surface area contributed by atoms with Crippen LogP contribution in [0.15, 0.2) is 69.3 Å². The van der Waals surface area contributed by atoms with Crippen molar-refractivity contribution in [1.29, 1.82) is 0 Å². The number of benzene rings is 3. The van der Waals surface area contributed by atoms with Gasteiger partial charge in [0.25, 0.3) is 30.4 Å². The van der Waals surface area contributed by atoms with E-state index in [4.69, 9.17) is 29.0 Å². The molecule has 0 aliphatic carbocycles. The molecule has 0 saturated heterocycles. The van der Waals surface area contributed by atoms with Crippen LogP contribution < -0.4 is 15.3 Å². The smallest absolute Gasteiger partial charge is 0.545 e. The number of aromatic hydroxyl groups is 3. The van der Waals surface area contributed by atoms with E-state index >= 15 is 0 Å². The van der Waals surface area contributed by atoms with Crippen LogP contribution in [0.3, 0.4) is 0 Å². The van der Waals surface area contributed by atoms with E-state index in [9.17, 15) is 55.0 Å². The van der Waals surface area contributed by atoms with Gasteiger partial charge in [-0.2, -0.15) is 25.3 Å². The molecular formula is C21H15FeO18S3. The van der Waals surface area contributed by atoms with Crippen molar-refractivity contribution in [1.82, 2.24) is 0 Å². The molecule has 0 aliphatic heterocycles. The van der Waals surface area contributed by atoms with E-state index in [1.165, 1.54) is 0 Å². The molecule has 0 unspecified atom stereocenters. The fraction of sp³-hybridized carbons (Fsp3) is 0. The molecular weight excluding hydrogens is 692 g/mol. The first kappa shape index (κ1) is 38.7. The van der Waals surface area contributed by atoms with E-state index in [1.54, 1.807) is 0 Å². The molecule has 18 nitrogen and oxygen atoms in total. The predicted octanol–water partition coefficient (Wildman–Crippen LogP) is -3.00. The molecule has 3 rings (SSSR count). The molecule has 0 fully saturated rings. The number of carbonyl (C=O) groups is 3. The summed E-state index contributed by atoms with van der Waals surface area (Å²) in [5, 5.41) is 58.5. The van der Waals surface area contributed by atoms with Crippen LogP contribution in [-0.2, 0) is 47.4 Å². The first-order valence-corrected chi connectivity index (χ1v) is 14.4. The molecule has 0 heterocycles. The molecule has 6 N–H and O–H groups in total. The summed E-state index contributed by atoms with van der Waals surface area (Å²) in [7, 11) is -13.9. The number of para-hydroxylation sites is 3. The van der Waals surface area contributed by atoms with E-state index < -0.39 is 96.9 Å². The normalized spacial score (nSPS) is 11.0. The topological polar surface area (TPSA) is 344 Å². The Hall–Kier alpha value is -4.28. The van der Waals surface area contributed by atoms with Gasteiger partial charge in [-0.1, -0.05) is 18.2 Å². The second kappa shape index (κ2) is 14.8. The maximum atomic E-state index is 10.6. The van der Waals surface area contributed by atoms with Gasteiger partial charge in [0, 0.05) is 16.7 Å². The standard InChI is InChI=1S/3C7H6O6S.Fe/c3*8-6-4(7(9)10)2-1-3-5(6)14(11,12)13;/h3*1-3,8H,(H,9,10)(H,11,12,13);/q;;;+3/p-3. The van der Waals surface area contributed by atoms with Crippen molar-refractivity contribution in [2.24, 2.45) is 0 Å². The number of carboxylic acid groups (broad SMARTS) is 3. The first-order valence-electron chi connectivity index (χ1n) is 10.0. The minimum Gasteiger partial charge on any atom is -0.545 e. The molecule has 0 aliphatic rings. The zero-order valence-electron chi connectivity index (χ0n) is 20.4. The average Bonchev–Trinajstić information content (AvgIpc) is 2.82. The third-order valence-corrected chi connectivity index (χ3v) is 7.15. The van der Waals surface area contributed by atoms with Gasteiger partial charge < -0.3 is 45.0 Å². The van der Waals surface area contributed by atoms with E-state index in [0.717, 1.165) is 54.6 Å². The summed E-state index contributed by atoms with van der Waals surface area (Å²) in [5.41, 5.74) is -2.08. The number of aromatic carboxylic acids is 3. The SMILES string of the molecule is O=C([O-])c1cccc(S(=O)(=O)O)c1O.O=C([O-])c1cccc(S(=O)(=O)O)c1O.O=C([O-])c1cccc(S(=O)(=O)O)c1O.[Fe+3]. The van der Waals surface area contributed by atoms with Crippen molar-refractivity contribution in [3.8, 4) is 17.2 Å². The molecule has 233 valence electrons. The van der Waals surface area contributed by atoms with Gasteiger partial charge >= 0.3 is 17.1 Å². The maximum Gasteiger partial charge on any atom is 3.00 e. The van der Waals surface area contributed by atoms with Crippen LogP contribution >= 0.6 is 0 Å². The van der Waals surface area contributed by atoms with Crippen molar-refractivity contribution in [3.63, 3.8) is 0 Å². The Labute approximate surface area is 251 Å². The van der Waals surface area contributed by atoms with E-state index in [1.807, 2.05) is 0 Å². The van der Waals surface area contributed by atoms with Crippen molar-refractivity contribution in [3.05, 3.63) is 71.3 Å². The monoisotopic (exact) mass is 707 g/mol. The Balaban J connectivity index is 0.000000608. The Morgan fingerprint density at radius 1 is 0.465 bits per heavy atom. The summed E-state index contributed by atoms with van der Waals surface area (Å²) in [6, 6.07) is 8.68. The minimum atomic E-state index is -4.63. The molecule has 0 aromatic heterocycles. The molecule has 0 bridgehead atoms. The molecule has 3 aromatic carbocycles. The number of rotatable bonds is 6. The Morgan fingerprint density at radius 3 is 0.791 bits per heavy atom. The van der Waals surface area contributed by atoms with Crippen molar-refractivity contribution in [2.45, 2.75) is 14.7 Å². The van der Waals surface area contributed by atoms with Gasteiger partial charge in [0.05, 0.1) is 17.9 Å². The zero-order chi connectivity index (χ0) is 32.8. The molecule has 22 heteroatoms. The Morgan fingerprint density at radius 2 is 0.651 bits per heavy atom. The predicted molar refractivity (Wildman–Crippen MR) is 127 cm³/mol. The van der Waals surface area contributed by atoms with Crippen LogP contribution in [0.25, 0.3) is 0 Å². The van der Waals surface area contributed by atoms with Gasteiger partial charge in [0.2, 0.25) is 0 Å². The molecule has 0 saturated carbocycles. The average molecular weight is 707 g/mol. The van der Waals surface area contributed by atoms with Gasteiger partial charge in [-0.25, -0.2) is 0 Å². The Kier molecular flexibility index (Phi) is 13.3. The van der Waals surface area contributed by atoms with E-state index in [-0.39, 0.29) is 17.1 Å². The number of hydrogen-bond donors (Lipinski definition) is 6. The second-order valence-electron chi connectivity index (χ2n) is 7.24. The maximum absolute atomic E-state index is 10.6. The molecule has 0 atom stereocenters. The first-order chi connectivity index (χ1) is 19.0. The van der Waals surface area contributed by atoms with Crippen LogP contribution in [0.1, 0.15) is 31.1 Å². The third kappa shape index (κ3) is 10.5. The summed E-state index contributed by atoms with van der Waals surface area (Å²) in [4.78, 5) is 28.5. The molecule has 0 spiro atoms. The molecule has 0 amide bonds. The zero-order valence-corrected chi connectivity index (χ0v) is 23.9. The van der Waals surface area contributed by atoms with Gasteiger partial charge in [0.1, 0.15) is 31.9 Å². The summed E-state index contributed by atoms with van der Waals surface area (Å²) >= 11 is 0. The summed E-state index contributed by atoms with van der Waals surface area (Å²) in [6.07, 6.45) is 0. The van der Waals surface area contributed by atoms with Crippen molar-refractivity contribution in [2.75, 3.05) is 0 Å². The molecule has 3 aromatic rings. The number of phenols is 3.